The number of ketones is 4. The highest BCUT2D eigenvalue weighted by Crippen LogP contribution is 2.44. The Bertz CT molecular complexity index is 5580. The normalized spacial score (nSPS) is 13.3. The summed E-state index contributed by atoms with van der Waals surface area (Å²) in [4.78, 5) is 91.1. The lowest BCUT2D eigenvalue weighted by Crippen LogP contribution is -2.10. The topological polar surface area (TPSA) is 302 Å². The minimum atomic E-state index is -2.91. The summed E-state index contributed by atoms with van der Waals surface area (Å²) >= 11 is 0. The molecule has 0 bridgehead atoms. The quantitative estimate of drug-likeness (QED) is 0.0313. The highest BCUT2D eigenvalue weighted by atomic mass is 19.3. The van der Waals surface area contributed by atoms with Crippen LogP contribution < -0.4 is 56.9 Å². The van der Waals surface area contributed by atoms with Gasteiger partial charge in [0.2, 0.25) is 11.8 Å². The van der Waals surface area contributed by atoms with Crippen molar-refractivity contribution in [1.82, 2.24) is 44.9 Å². The summed E-state index contributed by atoms with van der Waals surface area (Å²) in [6.45, 7) is 7.80. The van der Waals surface area contributed by atoms with Crippen molar-refractivity contribution >= 4 is 97.7 Å². The van der Waals surface area contributed by atoms with E-state index in [1.807, 2.05) is 171 Å². The number of hydrogen-bond donors (Lipinski definition) is 8. The number of alkyl halides is 2. The first-order valence-corrected chi connectivity index (χ1v) is 39.1. The van der Waals surface area contributed by atoms with Gasteiger partial charge in [-0.3, -0.25) is 19.2 Å². The Balaban J connectivity index is 0.000000128. The second-order valence-electron chi connectivity index (χ2n) is 29.3. The average molecular weight is 1570 g/mol. The Morgan fingerprint density at radius 2 is 0.692 bits per heavy atom. The molecule has 596 valence electrons. The molecule has 117 heavy (non-hydrogen) atoms. The zero-order chi connectivity index (χ0) is 82.1. The average Bonchev–Trinajstić information content (AvgIpc) is 1.71. The van der Waals surface area contributed by atoms with Gasteiger partial charge in [-0.15, -0.1) is 0 Å². The number of nitrogens with zero attached hydrogens (tertiary/aromatic N) is 10. The van der Waals surface area contributed by atoms with E-state index in [1.54, 1.807) is 24.7 Å². The number of Topliss-reactive ketones (excluding diaryl/α,β-unsaturated/α-hetero) is 4. The van der Waals surface area contributed by atoms with Crippen molar-refractivity contribution in [3.8, 4) is 56.3 Å². The van der Waals surface area contributed by atoms with Crippen LogP contribution in [0.15, 0.2) is 165 Å². The van der Waals surface area contributed by atoms with E-state index in [1.165, 1.54) is 25.1 Å². The molecule has 0 saturated heterocycles. The van der Waals surface area contributed by atoms with Crippen LogP contribution in [0.2, 0.25) is 0 Å². The van der Waals surface area contributed by atoms with E-state index in [2.05, 4.69) is 131 Å². The SMILES string of the molecule is CCOc1ccc(Nc2cc(C)c(-c3ccc(NC)c4c3CCC4=O)cn2)cn1.CNc1ccc(-c2cnc(Nc3ccc(N(C)C)nc3)cc2C)c2c1C(=O)CC2.CNc1ccc(-c2cnc(Nc3ccc(OC(F)F)nc3)cc2C)c2c1C(=O)CC2.CNc1ccc(-c2cnc(Nc3cnc(C4CC4)nc3)cc2C)c2c1C(=O)CC2. The summed E-state index contributed by atoms with van der Waals surface area (Å²) < 4.78 is 34.1. The number of pyridine rings is 7. The van der Waals surface area contributed by atoms with Gasteiger partial charge in [-0.25, -0.2) is 44.9 Å². The van der Waals surface area contributed by atoms with Crippen molar-refractivity contribution < 1.29 is 37.4 Å². The lowest BCUT2D eigenvalue weighted by molar-refractivity contribution is -0.0528. The Labute approximate surface area is 678 Å². The van der Waals surface area contributed by atoms with Gasteiger partial charge < -0.3 is 56.9 Å². The van der Waals surface area contributed by atoms with Gasteiger partial charge in [0.25, 0.3) is 0 Å². The molecule has 0 unspecified atom stereocenters. The van der Waals surface area contributed by atoms with Crippen molar-refractivity contribution in [2.45, 2.75) is 111 Å². The van der Waals surface area contributed by atoms with Gasteiger partial charge in [0.1, 0.15) is 34.9 Å². The Morgan fingerprint density at radius 3 is 0.966 bits per heavy atom. The third kappa shape index (κ3) is 17.8. The Hall–Kier alpha value is -13.7. The van der Waals surface area contributed by atoms with Crippen LogP contribution >= 0.6 is 0 Å². The number of rotatable bonds is 22. The van der Waals surface area contributed by atoms with Crippen LogP contribution in [0.5, 0.6) is 11.8 Å². The van der Waals surface area contributed by atoms with E-state index in [-0.39, 0.29) is 29.0 Å². The van der Waals surface area contributed by atoms with Gasteiger partial charge >= 0.3 is 6.61 Å². The molecule has 24 nitrogen and oxygen atoms in total. The fraction of sp³-hybridized carbons (Fsp3) is 0.264. The maximum atomic E-state index is 12.4. The van der Waals surface area contributed by atoms with Gasteiger partial charge in [-0.1, -0.05) is 24.3 Å². The number of halogens is 2. The molecule has 8 aromatic heterocycles. The second kappa shape index (κ2) is 35.4. The monoisotopic (exact) mass is 1570 g/mol. The van der Waals surface area contributed by atoms with Crippen LogP contribution in [0, 0.1) is 27.7 Å². The van der Waals surface area contributed by atoms with Gasteiger partial charge in [-0.2, -0.15) is 8.78 Å². The van der Waals surface area contributed by atoms with E-state index >= 15 is 0 Å². The lowest BCUT2D eigenvalue weighted by Gasteiger charge is -2.15. The summed E-state index contributed by atoms with van der Waals surface area (Å²) in [5.74, 6) is 6.50. The van der Waals surface area contributed by atoms with Crippen LogP contribution in [0.25, 0.3) is 44.5 Å². The molecule has 17 rings (SSSR count). The zero-order valence-electron chi connectivity index (χ0n) is 67.2. The van der Waals surface area contributed by atoms with Gasteiger partial charge in [0, 0.05) is 178 Å². The summed E-state index contributed by atoms with van der Waals surface area (Å²) in [5, 5.41) is 25.5. The lowest BCUT2D eigenvalue weighted by atomic mass is 9.94. The van der Waals surface area contributed by atoms with E-state index in [0.717, 1.165) is 206 Å². The summed E-state index contributed by atoms with van der Waals surface area (Å²) in [7, 11) is 11.3. The largest absolute Gasteiger partial charge is 0.478 e. The summed E-state index contributed by atoms with van der Waals surface area (Å²) in [6.07, 6.45) is 23.7. The number of carbonyl (C=O) groups excluding carboxylic acids is 4. The summed E-state index contributed by atoms with van der Waals surface area (Å²) in [5.41, 5.74) is 27.1. The number of carbonyl (C=O) groups is 4. The van der Waals surface area contributed by atoms with Crippen molar-refractivity contribution in [3.63, 3.8) is 0 Å². The molecule has 5 aliphatic rings. The van der Waals surface area contributed by atoms with Crippen molar-refractivity contribution in [2.24, 2.45) is 0 Å². The van der Waals surface area contributed by atoms with Crippen LogP contribution in [0.3, 0.4) is 0 Å². The predicted molar refractivity (Wildman–Crippen MR) is 458 cm³/mol. The van der Waals surface area contributed by atoms with E-state index < -0.39 is 6.61 Å². The second-order valence-corrected chi connectivity index (χ2v) is 29.3. The van der Waals surface area contributed by atoms with E-state index in [9.17, 15) is 28.0 Å². The fourth-order valence-electron chi connectivity index (χ4n) is 15.4. The molecule has 0 aliphatic heterocycles. The molecule has 5 aliphatic carbocycles. The molecule has 26 heteroatoms. The zero-order valence-corrected chi connectivity index (χ0v) is 67.2. The molecule has 0 spiro atoms. The molecule has 0 radical (unpaired) electrons. The van der Waals surface area contributed by atoms with Crippen LogP contribution in [0.4, 0.5) is 83.4 Å². The number of ether oxygens (including phenoxy) is 2. The summed E-state index contributed by atoms with van der Waals surface area (Å²) in [6, 6.07) is 34.8. The minimum absolute atomic E-state index is 0.150. The molecule has 8 N–H and O–H groups in total. The van der Waals surface area contributed by atoms with Crippen LogP contribution in [0.1, 0.15) is 143 Å². The number of anilines is 13. The van der Waals surface area contributed by atoms with Crippen molar-refractivity contribution in [3.05, 3.63) is 238 Å². The first-order chi connectivity index (χ1) is 56.7. The minimum Gasteiger partial charge on any atom is -0.478 e. The fourth-order valence-corrected chi connectivity index (χ4v) is 15.4. The number of aryl methyl sites for hydroxylation is 4. The van der Waals surface area contributed by atoms with Crippen molar-refractivity contribution in [1.29, 1.82) is 0 Å². The predicted octanol–water partition coefficient (Wildman–Crippen LogP) is 18.8. The van der Waals surface area contributed by atoms with Gasteiger partial charge in [-0.05, 0) is 213 Å². The Kier molecular flexibility index (Phi) is 24.2. The van der Waals surface area contributed by atoms with Crippen LogP contribution in [-0.2, 0) is 25.7 Å². The number of aromatic nitrogens is 9. The maximum Gasteiger partial charge on any atom is 0.388 e. The first kappa shape index (κ1) is 80.0. The van der Waals surface area contributed by atoms with Gasteiger partial charge in [0.15, 0.2) is 23.1 Å². The molecule has 12 aromatic rings. The molecule has 0 atom stereocenters. The highest BCUT2D eigenvalue weighted by Gasteiger charge is 2.32. The molecule has 1 saturated carbocycles. The third-order valence-corrected chi connectivity index (χ3v) is 21.3. The maximum absolute atomic E-state index is 12.4. The molecule has 1 fully saturated rings. The molecular weight excluding hydrogens is 1480 g/mol. The molecular formula is C91H92F2N18O6. The first-order valence-electron chi connectivity index (χ1n) is 39.1. The van der Waals surface area contributed by atoms with Crippen LogP contribution in [-0.4, -0.2) is 123 Å². The van der Waals surface area contributed by atoms with Crippen molar-refractivity contribution in [2.75, 3.05) is 96.3 Å². The molecule has 0 amide bonds. The smallest absolute Gasteiger partial charge is 0.388 e. The number of nitrogens with one attached hydrogen (secondary N) is 8. The number of benzene rings is 4. The standard InChI is InChI=1S/C23H23N5O.C23H25N5O.C23H24N4O2.C22H20F2N4O2/c1-13-9-21(28-15-10-26-23(27-11-15)14-3-4-14)25-12-18(13)16-5-7-19(24-2)22-17(16)6-8-20(22)29;1-14-11-21(27-15-5-10-22(26-12-15)28(3)4)25-13-18(14)16-6-8-19(24-2)23-17(16)7-9-20(23)29;1-4-29-22-10-5-15(12-26-22)27-21-11-14(2)18(13-25-21)16-6-8-19(24-3)23-17(16)7-9-20(23)28;1-12-9-19(28-13-3-8-20(27-10-13)30-22(23)24)26-11-16(12)14-4-6-17(25-2)21-15(14)5-7-18(21)29/h5,7,9-12,14,24H,3-4,6,8H2,1-2H3,(H,25,28);5-6,8,10-13,24H,7,9H2,1-4H3,(H,25,27);5-6,8,10-13,24H,4,7,9H2,1-3H3,(H,25,27);3-4,6,8-11,22,25H,5,7H2,1-2H3,(H,26,28). The highest BCUT2D eigenvalue weighted by molar-refractivity contribution is 6.10. The van der Waals surface area contributed by atoms with E-state index in [0.29, 0.717) is 55.6 Å². The molecule has 4 aromatic carbocycles. The van der Waals surface area contributed by atoms with E-state index in [4.69, 9.17) is 4.74 Å². The number of fused-ring (bicyclic) bond motifs is 4. The Morgan fingerprint density at radius 1 is 0.376 bits per heavy atom. The van der Waals surface area contributed by atoms with Gasteiger partial charge in [0.05, 0.1) is 60.3 Å². The molecule has 8 heterocycles. The third-order valence-electron chi connectivity index (χ3n) is 21.3. The number of hydrogen-bond acceptors (Lipinski definition) is 24.